The summed E-state index contributed by atoms with van der Waals surface area (Å²) >= 11 is 0. The summed E-state index contributed by atoms with van der Waals surface area (Å²) in [7, 11) is 0. The Morgan fingerprint density at radius 2 is 1.00 bits per heavy atom. The van der Waals surface area contributed by atoms with Crippen LogP contribution in [0.4, 0.5) is 0 Å². The van der Waals surface area contributed by atoms with E-state index >= 15 is 0 Å². The summed E-state index contributed by atoms with van der Waals surface area (Å²) in [6.07, 6.45) is 2.56. The average Bonchev–Trinajstić information content (AvgIpc) is 4.12. The SMILES string of the molecule is C1CCOC1.CC.CC.CCOC(=O)COc1ccc(Cn2c(-c3ccccc3)c(C)c3cc(C)ccc32)cc1.Cc1ccc2c(c1)c(C)c(-c1ccccc1)n2Cc1ccc(OCCO)cc1. The molecule has 0 amide bonds. The molecule has 9 rings (SSSR count). The van der Waals surface area contributed by atoms with E-state index in [4.69, 9.17) is 24.1 Å². The highest BCUT2D eigenvalue weighted by atomic mass is 16.6. The number of carbonyl (C=O) groups excluding carboxylic acids is 1. The number of nitrogens with zero attached hydrogens (tertiary/aromatic N) is 2. The van der Waals surface area contributed by atoms with Crippen LogP contribution >= 0.6 is 0 Å². The molecule has 1 N–H and O–H groups in total. The number of esters is 1. The number of aliphatic hydroxyl groups excluding tert-OH is 1. The molecule has 0 unspecified atom stereocenters. The van der Waals surface area contributed by atoms with E-state index in [1.807, 2.05) is 70.2 Å². The van der Waals surface area contributed by atoms with Crippen molar-refractivity contribution < 1.29 is 28.8 Å². The molecule has 0 aliphatic carbocycles. The normalized spacial score (nSPS) is 11.5. The van der Waals surface area contributed by atoms with Crippen molar-refractivity contribution in [2.75, 3.05) is 39.6 Å². The highest BCUT2D eigenvalue weighted by Crippen LogP contribution is 2.36. The maximum atomic E-state index is 11.5. The van der Waals surface area contributed by atoms with Crippen LogP contribution in [0.3, 0.4) is 0 Å². The number of hydrogen-bond acceptors (Lipinski definition) is 6. The van der Waals surface area contributed by atoms with E-state index in [0.29, 0.717) is 19.0 Å². The molecule has 1 aliphatic rings. The van der Waals surface area contributed by atoms with Crippen LogP contribution in [0, 0.1) is 27.7 Å². The lowest BCUT2D eigenvalue weighted by Gasteiger charge is -2.13. The van der Waals surface area contributed by atoms with Crippen molar-refractivity contribution >= 4 is 27.8 Å². The molecule has 2 aromatic heterocycles. The van der Waals surface area contributed by atoms with E-state index in [0.717, 1.165) is 37.6 Å². The van der Waals surface area contributed by atoms with Crippen LogP contribution in [0.5, 0.6) is 11.5 Å². The molecule has 1 aliphatic heterocycles. The molecule has 0 bridgehead atoms. The predicted molar refractivity (Wildman–Crippen MR) is 282 cm³/mol. The fraction of sp³-hybridized carbons (Fsp3) is 0.317. The molecule has 358 valence electrons. The standard InChI is InChI=1S/C27H27NO3.C25H25NO2.C4H8O.2C2H6/c1-4-30-26(29)18-31-23-13-11-21(12-14-23)17-28-25-15-10-19(2)16-24(25)20(3)27(28)22-8-6-5-7-9-22;1-18-8-13-24-23(16-18)19(2)25(21-6-4-3-5-7-21)26(24)17-20-9-11-22(12-10-20)28-15-14-27;1-2-4-5-3-1;2*1-2/h5-16H,4,17-18H2,1-3H3;3-13,16,27H,14-15,17H2,1-2H3;1-4H2;2*1-2H3. The summed E-state index contributed by atoms with van der Waals surface area (Å²) in [6, 6.07) is 50.5. The fourth-order valence-corrected chi connectivity index (χ4v) is 8.30. The number of rotatable bonds is 13. The van der Waals surface area contributed by atoms with E-state index in [-0.39, 0.29) is 19.2 Å². The van der Waals surface area contributed by atoms with Gasteiger partial charge in [0, 0.05) is 48.1 Å². The topological polar surface area (TPSA) is 84.1 Å². The Labute approximate surface area is 405 Å². The molecule has 8 aromatic rings. The van der Waals surface area contributed by atoms with Crippen molar-refractivity contribution in [2.24, 2.45) is 0 Å². The van der Waals surface area contributed by atoms with Gasteiger partial charge < -0.3 is 33.2 Å². The van der Waals surface area contributed by atoms with Gasteiger partial charge in [0.05, 0.1) is 24.6 Å². The zero-order valence-electron chi connectivity index (χ0n) is 41.8. The minimum Gasteiger partial charge on any atom is -0.491 e. The summed E-state index contributed by atoms with van der Waals surface area (Å²) < 4.78 is 25.6. The minimum absolute atomic E-state index is 0.0240. The van der Waals surface area contributed by atoms with Gasteiger partial charge >= 0.3 is 5.97 Å². The van der Waals surface area contributed by atoms with E-state index in [9.17, 15) is 4.79 Å². The molecule has 6 aromatic carbocycles. The van der Waals surface area contributed by atoms with Gasteiger partial charge in [0.1, 0.15) is 18.1 Å². The lowest BCUT2D eigenvalue weighted by molar-refractivity contribution is -0.145. The Balaban J connectivity index is 0.000000216. The molecular formula is C60H72N2O6. The van der Waals surface area contributed by atoms with Crippen molar-refractivity contribution in [1.29, 1.82) is 0 Å². The molecule has 0 atom stereocenters. The van der Waals surface area contributed by atoms with Crippen LogP contribution in [-0.4, -0.2) is 59.9 Å². The molecule has 68 heavy (non-hydrogen) atoms. The molecule has 1 fully saturated rings. The second kappa shape index (κ2) is 27.3. The Bertz CT molecular complexity index is 2730. The first-order valence-corrected chi connectivity index (χ1v) is 24.3. The number of fused-ring (bicyclic) bond motifs is 2. The first kappa shape index (κ1) is 52.4. The van der Waals surface area contributed by atoms with Gasteiger partial charge in [-0.05, 0) is 129 Å². The van der Waals surface area contributed by atoms with Gasteiger partial charge in [0.15, 0.2) is 6.61 Å². The number of aryl methyl sites for hydroxylation is 4. The number of hydrogen-bond donors (Lipinski definition) is 1. The molecule has 8 heteroatoms. The second-order valence-electron chi connectivity index (χ2n) is 16.2. The zero-order valence-corrected chi connectivity index (χ0v) is 41.8. The maximum Gasteiger partial charge on any atom is 0.344 e. The summed E-state index contributed by atoms with van der Waals surface area (Å²) in [6.45, 7) is 22.6. The fourth-order valence-electron chi connectivity index (χ4n) is 8.30. The Morgan fingerprint density at radius 3 is 1.38 bits per heavy atom. The third kappa shape index (κ3) is 14.0. The molecule has 3 heterocycles. The molecule has 1 saturated heterocycles. The summed E-state index contributed by atoms with van der Waals surface area (Å²) in [5.74, 6) is 1.08. The number of ether oxygens (including phenoxy) is 4. The van der Waals surface area contributed by atoms with E-state index in [1.54, 1.807) is 6.92 Å². The number of benzene rings is 6. The van der Waals surface area contributed by atoms with E-state index in [2.05, 4.69) is 140 Å². The maximum absolute atomic E-state index is 11.5. The van der Waals surface area contributed by atoms with E-state index in [1.165, 1.54) is 85.0 Å². The summed E-state index contributed by atoms with van der Waals surface area (Å²) in [5.41, 5.74) is 14.9. The van der Waals surface area contributed by atoms with Gasteiger partial charge in [-0.3, -0.25) is 0 Å². The summed E-state index contributed by atoms with van der Waals surface area (Å²) in [5, 5.41) is 11.5. The molecule has 0 saturated carbocycles. The smallest absolute Gasteiger partial charge is 0.344 e. The van der Waals surface area contributed by atoms with Crippen LogP contribution < -0.4 is 9.47 Å². The van der Waals surface area contributed by atoms with Gasteiger partial charge in [0.2, 0.25) is 0 Å². The molecule has 0 radical (unpaired) electrons. The average molecular weight is 917 g/mol. The third-order valence-corrected chi connectivity index (χ3v) is 11.4. The van der Waals surface area contributed by atoms with E-state index < -0.39 is 0 Å². The Hall–Kier alpha value is -6.61. The van der Waals surface area contributed by atoms with Crippen LogP contribution in [0.2, 0.25) is 0 Å². The minimum atomic E-state index is -0.358. The van der Waals surface area contributed by atoms with Gasteiger partial charge in [-0.1, -0.05) is 136 Å². The van der Waals surface area contributed by atoms with Crippen LogP contribution in [0.25, 0.3) is 44.3 Å². The van der Waals surface area contributed by atoms with Crippen LogP contribution in [-0.2, 0) is 27.4 Å². The molecular weight excluding hydrogens is 845 g/mol. The van der Waals surface area contributed by atoms with Crippen molar-refractivity contribution in [3.63, 3.8) is 0 Å². The van der Waals surface area contributed by atoms with Crippen molar-refractivity contribution in [3.05, 3.63) is 179 Å². The highest BCUT2D eigenvalue weighted by molar-refractivity contribution is 5.93. The largest absolute Gasteiger partial charge is 0.491 e. The van der Waals surface area contributed by atoms with Gasteiger partial charge in [-0.25, -0.2) is 4.79 Å². The first-order chi connectivity index (χ1) is 33.2. The van der Waals surface area contributed by atoms with Crippen molar-refractivity contribution in [3.8, 4) is 34.0 Å². The monoisotopic (exact) mass is 917 g/mol. The Morgan fingerprint density at radius 1 is 0.574 bits per heavy atom. The highest BCUT2D eigenvalue weighted by Gasteiger charge is 2.18. The lowest BCUT2D eigenvalue weighted by atomic mass is 10.1. The van der Waals surface area contributed by atoms with Crippen molar-refractivity contribution in [1.82, 2.24) is 9.13 Å². The Kier molecular flexibility index (Phi) is 21.0. The van der Waals surface area contributed by atoms with Gasteiger partial charge in [-0.15, -0.1) is 0 Å². The van der Waals surface area contributed by atoms with Crippen molar-refractivity contribution in [2.45, 2.75) is 88.2 Å². The summed E-state index contributed by atoms with van der Waals surface area (Å²) in [4.78, 5) is 11.5. The number of aliphatic hydroxyl groups is 1. The van der Waals surface area contributed by atoms with Crippen LogP contribution in [0.15, 0.2) is 146 Å². The first-order valence-electron chi connectivity index (χ1n) is 24.3. The quantitative estimate of drug-likeness (QED) is 0.116. The van der Waals surface area contributed by atoms with Gasteiger partial charge in [-0.2, -0.15) is 0 Å². The van der Waals surface area contributed by atoms with Crippen LogP contribution in [0.1, 0.15) is 80.8 Å². The lowest BCUT2D eigenvalue weighted by Crippen LogP contribution is -2.14. The van der Waals surface area contributed by atoms with Gasteiger partial charge in [0.25, 0.3) is 0 Å². The number of carbonyl (C=O) groups is 1. The predicted octanol–water partition coefficient (Wildman–Crippen LogP) is 14.1. The third-order valence-electron chi connectivity index (χ3n) is 11.4. The molecule has 0 spiro atoms. The second-order valence-corrected chi connectivity index (χ2v) is 16.2. The molecule has 8 nitrogen and oxygen atoms in total. The number of aromatic nitrogens is 2. The zero-order chi connectivity index (χ0) is 48.8.